The fourth-order valence-electron chi connectivity index (χ4n) is 3.97. The molecular weight excluding hydrogens is 421 g/mol. The highest BCUT2D eigenvalue weighted by molar-refractivity contribution is 8.01. The highest BCUT2D eigenvalue weighted by Gasteiger charge is 2.39. The molecule has 1 aromatic carbocycles. The van der Waals surface area contributed by atoms with Crippen LogP contribution in [0.3, 0.4) is 0 Å². The van der Waals surface area contributed by atoms with Gasteiger partial charge in [-0.05, 0) is 49.1 Å². The minimum absolute atomic E-state index is 0.0164. The predicted octanol–water partition coefficient (Wildman–Crippen LogP) is 3.62. The van der Waals surface area contributed by atoms with E-state index in [9.17, 15) is 14.0 Å². The molecule has 0 spiro atoms. The van der Waals surface area contributed by atoms with E-state index in [-0.39, 0.29) is 22.4 Å². The third-order valence-corrected chi connectivity index (χ3v) is 8.34. The number of thiophene rings is 1. The van der Waals surface area contributed by atoms with Crippen LogP contribution in [0.5, 0.6) is 0 Å². The van der Waals surface area contributed by atoms with E-state index >= 15 is 0 Å². The maximum atomic E-state index is 13.4. The van der Waals surface area contributed by atoms with Crippen LogP contribution in [0, 0.1) is 12.7 Å². The summed E-state index contributed by atoms with van der Waals surface area (Å²) in [4.78, 5) is 32.7. The van der Waals surface area contributed by atoms with Gasteiger partial charge in [0.2, 0.25) is 5.91 Å². The van der Waals surface area contributed by atoms with Crippen LogP contribution in [0.1, 0.15) is 33.1 Å². The molecule has 2 atom stereocenters. The quantitative estimate of drug-likeness (QED) is 0.702. The lowest BCUT2D eigenvalue weighted by atomic mass is 10.1. The minimum Gasteiger partial charge on any atom is -0.336 e. The van der Waals surface area contributed by atoms with Crippen LogP contribution in [-0.4, -0.2) is 71.0 Å². The van der Waals surface area contributed by atoms with Gasteiger partial charge in [-0.15, -0.1) is 23.1 Å². The topological polar surface area (TPSA) is 43.9 Å². The fourth-order valence-corrected chi connectivity index (χ4v) is 6.52. The van der Waals surface area contributed by atoms with Crippen molar-refractivity contribution in [2.75, 3.05) is 39.3 Å². The summed E-state index contributed by atoms with van der Waals surface area (Å²) in [6, 6.07) is 7.97. The zero-order valence-corrected chi connectivity index (χ0v) is 18.8. The number of halogens is 1. The molecule has 3 heterocycles. The third kappa shape index (κ3) is 4.40. The molecule has 2 saturated heterocycles. The Hall–Kier alpha value is -1.90. The molecular formula is C22H26FN3O2S2. The average molecular weight is 448 g/mol. The van der Waals surface area contributed by atoms with E-state index in [1.54, 1.807) is 40.1 Å². The molecule has 160 valence electrons. The fraction of sp³-hybridized carbons (Fsp3) is 0.455. The molecule has 1 aromatic heterocycles. The Balaban J connectivity index is 1.32. The van der Waals surface area contributed by atoms with Gasteiger partial charge in [-0.1, -0.05) is 6.07 Å². The molecule has 8 heteroatoms. The van der Waals surface area contributed by atoms with Gasteiger partial charge in [0, 0.05) is 49.7 Å². The van der Waals surface area contributed by atoms with Crippen LogP contribution in [0.25, 0.3) is 0 Å². The van der Waals surface area contributed by atoms with Crippen molar-refractivity contribution in [2.45, 2.75) is 24.5 Å². The monoisotopic (exact) mass is 447 g/mol. The molecule has 2 aliphatic rings. The SMILES string of the molecule is Cc1ccsc1C1SC(C)C(=O)N1CCN1CCN(C(=O)c2cccc(F)c2)CC1. The Morgan fingerprint density at radius 1 is 1.17 bits per heavy atom. The Morgan fingerprint density at radius 2 is 1.93 bits per heavy atom. The number of benzene rings is 1. The van der Waals surface area contributed by atoms with E-state index in [0.29, 0.717) is 25.2 Å². The van der Waals surface area contributed by atoms with Crippen LogP contribution in [-0.2, 0) is 4.79 Å². The van der Waals surface area contributed by atoms with E-state index < -0.39 is 5.82 Å². The number of rotatable bonds is 5. The Bertz CT molecular complexity index is 927. The first-order valence-corrected chi connectivity index (χ1v) is 12.0. The molecule has 0 N–H and O–H groups in total. The molecule has 2 fully saturated rings. The summed E-state index contributed by atoms with van der Waals surface area (Å²) in [7, 11) is 0. The number of hydrogen-bond acceptors (Lipinski definition) is 5. The minimum atomic E-state index is -0.391. The first-order chi connectivity index (χ1) is 14.4. The van der Waals surface area contributed by atoms with Gasteiger partial charge in [-0.25, -0.2) is 4.39 Å². The summed E-state index contributed by atoms with van der Waals surface area (Å²) >= 11 is 3.45. The van der Waals surface area contributed by atoms with Gasteiger partial charge in [-0.3, -0.25) is 14.5 Å². The largest absolute Gasteiger partial charge is 0.336 e. The van der Waals surface area contributed by atoms with Crippen LogP contribution < -0.4 is 0 Å². The second-order valence-electron chi connectivity index (χ2n) is 7.77. The second kappa shape index (κ2) is 9.08. The van der Waals surface area contributed by atoms with Gasteiger partial charge < -0.3 is 9.80 Å². The summed E-state index contributed by atoms with van der Waals surface area (Å²) in [5, 5.41) is 2.17. The number of hydrogen-bond donors (Lipinski definition) is 0. The van der Waals surface area contributed by atoms with Crippen molar-refractivity contribution in [2.24, 2.45) is 0 Å². The number of aryl methyl sites for hydroxylation is 1. The van der Waals surface area contributed by atoms with Crippen LogP contribution in [0.15, 0.2) is 35.7 Å². The Morgan fingerprint density at radius 3 is 2.60 bits per heavy atom. The Labute approximate surface area is 184 Å². The van der Waals surface area contributed by atoms with Gasteiger partial charge in [-0.2, -0.15) is 0 Å². The first-order valence-electron chi connectivity index (χ1n) is 10.2. The molecule has 0 bridgehead atoms. The van der Waals surface area contributed by atoms with Crippen molar-refractivity contribution in [3.8, 4) is 0 Å². The van der Waals surface area contributed by atoms with Crippen molar-refractivity contribution in [3.63, 3.8) is 0 Å². The van der Waals surface area contributed by atoms with Crippen molar-refractivity contribution >= 4 is 34.9 Å². The number of carbonyl (C=O) groups excluding carboxylic acids is 2. The molecule has 2 amide bonds. The third-order valence-electron chi connectivity index (χ3n) is 5.76. The number of nitrogens with zero attached hydrogens (tertiary/aromatic N) is 3. The molecule has 2 aromatic rings. The number of piperazine rings is 1. The molecule has 4 rings (SSSR count). The van der Waals surface area contributed by atoms with E-state index in [4.69, 9.17) is 0 Å². The van der Waals surface area contributed by atoms with Gasteiger partial charge in [0.05, 0.1) is 5.25 Å². The van der Waals surface area contributed by atoms with Crippen molar-refractivity contribution in [1.29, 1.82) is 0 Å². The molecule has 2 aliphatic heterocycles. The summed E-state index contributed by atoms with van der Waals surface area (Å²) in [5.74, 6) is -0.308. The predicted molar refractivity (Wildman–Crippen MR) is 119 cm³/mol. The standard InChI is InChI=1S/C22H26FN3O2S2/c1-15-6-13-29-19(15)22-26(20(27)16(2)30-22)12-9-24-7-10-25(11-8-24)21(28)17-4-3-5-18(23)14-17/h3-6,13-14,16,22H,7-12H2,1-2H3. The molecule has 2 unspecified atom stereocenters. The number of amides is 2. The second-order valence-corrected chi connectivity index (χ2v) is 10.1. The molecule has 30 heavy (non-hydrogen) atoms. The van der Waals surface area contributed by atoms with Crippen LogP contribution in [0.2, 0.25) is 0 Å². The Kier molecular flexibility index (Phi) is 6.46. The van der Waals surface area contributed by atoms with Crippen molar-refractivity contribution < 1.29 is 14.0 Å². The molecule has 0 aliphatic carbocycles. The van der Waals surface area contributed by atoms with Gasteiger partial charge in [0.15, 0.2) is 0 Å². The van der Waals surface area contributed by atoms with E-state index in [2.05, 4.69) is 23.3 Å². The number of carbonyl (C=O) groups is 2. The first kappa shape index (κ1) is 21.3. The van der Waals surface area contributed by atoms with Gasteiger partial charge in [0.1, 0.15) is 11.2 Å². The summed E-state index contributed by atoms with van der Waals surface area (Å²) in [6.45, 7) is 8.32. The van der Waals surface area contributed by atoms with Crippen molar-refractivity contribution in [1.82, 2.24) is 14.7 Å². The maximum absolute atomic E-state index is 13.4. The zero-order chi connectivity index (χ0) is 21.3. The lowest BCUT2D eigenvalue weighted by Crippen LogP contribution is -2.50. The van der Waals surface area contributed by atoms with Gasteiger partial charge >= 0.3 is 0 Å². The maximum Gasteiger partial charge on any atom is 0.254 e. The molecule has 5 nitrogen and oxygen atoms in total. The highest BCUT2D eigenvalue weighted by atomic mass is 32.2. The zero-order valence-electron chi connectivity index (χ0n) is 17.2. The van der Waals surface area contributed by atoms with Crippen LogP contribution >= 0.6 is 23.1 Å². The number of thioether (sulfide) groups is 1. The lowest BCUT2D eigenvalue weighted by Gasteiger charge is -2.36. The lowest BCUT2D eigenvalue weighted by molar-refractivity contribution is -0.130. The van der Waals surface area contributed by atoms with E-state index in [0.717, 1.165) is 19.6 Å². The average Bonchev–Trinajstić information content (AvgIpc) is 3.29. The molecule has 0 saturated carbocycles. The van der Waals surface area contributed by atoms with Crippen LogP contribution in [0.4, 0.5) is 4.39 Å². The van der Waals surface area contributed by atoms with E-state index in [1.165, 1.54) is 22.6 Å². The summed E-state index contributed by atoms with van der Waals surface area (Å²) in [6.07, 6.45) is 0. The smallest absolute Gasteiger partial charge is 0.254 e. The highest BCUT2D eigenvalue weighted by Crippen LogP contribution is 2.45. The molecule has 0 radical (unpaired) electrons. The normalized spacial score (nSPS) is 22.7. The summed E-state index contributed by atoms with van der Waals surface area (Å²) < 4.78 is 13.4. The van der Waals surface area contributed by atoms with E-state index in [1.807, 2.05) is 11.8 Å². The van der Waals surface area contributed by atoms with Gasteiger partial charge in [0.25, 0.3) is 5.91 Å². The summed E-state index contributed by atoms with van der Waals surface area (Å²) in [5.41, 5.74) is 1.64. The van der Waals surface area contributed by atoms with Crippen molar-refractivity contribution in [3.05, 3.63) is 57.5 Å².